The Bertz CT molecular complexity index is 1610. The van der Waals surface area contributed by atoms with Crippen LogP contribution >= 0.6 is 11.6 Å². The van der Waals surface area contributed by atoms with Crippen LogP contribution in [0.5, 0.6) is 0 Å². The van der Waals surface area contributed by atoms with Crippen molar-refractivity contribution in [3.8, 4) is 16.9 Å². The Labute approximate surface area is 221 Å². The first-order valence-corrected chi connectivity index (χ1v) is 11.8. The Kier molecular flexibility index (Phi) is 7.14. The summed E-state index contributed by atoms with van der Waals surface area (Å²) in [6.45, 7) is 0.152. The summed E-state index contributed by atoms with van der Waals surface area (Å²) >= 11 is 6.32. The van der Waals surface area contributed by atoms with E-state index in [0.29, 0.717) is 16.9 Å². The van der Waals surface area contributed by atoms with Crippen molar-refractivity contribution in [2.45, 2.75) is 6.54 Å². The fraction of sp³-hybridized carbons (Fsp3) is 0.0370. The van der Waals surface area contributed by atoms with E-state index in [0.717, 1.165) is 0 Å². The molecule has 2 N–H and O–H groups in total. The van der Waals surface area contributed by atoms with Crippen molar-refractivity contribution in [1.82, 2.24) is 30.3 Å². The number of carbonyl (C=O) groups is 2. The molecule has 0 saturated carbocycles. The second-order valence-corrected chi connectivity index (χ2v) is 8.45. The second-order valence-electron chi connectivity index (χ2n) is 8.04. The third-order valence-corrected chi connectivity index (χ3v) is 5.81. The molecule has 5 rings (SSSR count). The highest BCUT2D eigenvalue weighted by molar-refractivity contribution is 6.34. The van der Waals surface area contributed by atoms with Crippen molar-refractivity contribution < 1.29 is 14.0 Å². The fourth-order valence-corrected chi connectivity index (χ4v) is 3.87. The van der Waals surface area contributed by atoms with Crippen LogP contribution in [0.3, 0.4) is 0 Å². The third-order valence-electron chi connectivity index (χ3n) is 5.48. The Morgan fingerprint density at radius 1 is 0.921 bits per heavy atom. The molecular weight excluding hydrogens is 509 g/mol. The number of aromatic nitrogens is 5. The van der Waals surface area contributed by atoms with Crippen LogP contribution in [-0.4, -0.2) is 36.8 Å². The van der Waals surface area contributed by atoms with Gasteiger partial charge in [-0.25, -0.2) is 9.07 Å². The molecular formula is C27H19ClFN7O2. The average molecular weight is 528 g/mol. The Balaban J connectivity index is 1.44. The molecule has 2 amide bonds. The molecule has 0 unspecified atom stereocenters. The number of hydrogen-bond acceptors (Lipinski definition) is 6. The summed E-state index contributed by atoms with van der Waals surface area (Å²) in [4.78, 5) is 30.2. The van der Waals surface area contributed by atoms with Crippen LogP contribution in [0.25, 0.3) is 16.9 Å². The molecule has 188 valence electrons. The number of nitrogens with one attached hydrogen (secondary N) is 2. The molecule has 38 heavy (non-hydrogen) atoms. The smallest absolute Gasteiger partial charge is 0.272 e. The number of hydrogen-bond donors (Lipinski definition) is 2. The first-order chi connectivity index (χ1) is 18.5. The van der Waals surface area contributed by atoms with E-state index in [9.17, 15) is 14.0 Å². The van der Waals surface area contributed by atoms with Gasteiger partial charge in [0.15, 0.2) is 5.69 Å². The summed E-state index contributed by atoms with van der Waals surface area (Å²) < 4.78 is 15.7. The molecule has 3 heterocycles. The van der Waals surface area contributed by atoms with E-state index < -0.39 is 17.6 Å². The van der Waals surface area contributed by atoms with Gasteiger partial charge in [-0.05, 0) is 48.5 Å². The lowest BCUT2D eigenvalue weighted by molar-refractivity contribution is 0.0944. The standard InChI is InChI=1S/C27H19ClFN7O2/c28-21-11-10-17(25-22(29)9-5-12-30-25)14-20(21)26(37)33-24-15-23(35-36(24)19-7-2-1-3-8-19)27(38)31-16-18-6-4-13-32-34-18/h1-15H,16H2,(H,31,38)(H,33,37). The topological polar surface area (TPSA) is 115 Å². The highest BCUT2D eigenvalue weighted by Crippen LogP contribution is 2.27. The monoisotopic (exact) mass is 527 g/mol. The Morgan fingerprint density at radius 3 is 2.50 bits per heavy atom. The predicted molar refractivity (Wildman–Crippen MR) is 139 cm³/mol. The highest BCUT2D eigenvalue weighted by atomic mass is 35.5. The van der Waals surface area contributed by atoms with E-state index in [2.05, 4.69) is 30.9 Å². The normalized spacial score (nSPS) is 10.7. The molecule has 11 heteroatoms. The van der Waals surface area contributed by atoms with E-state index in [1.807, 2.05) is 6.07 Å². The fourth-order valence-electron chi connectivity index (χ4n) is 3.66. The first-order valence-electron chi connectivity index (χ1n) is 11.4. The van der Waals surface area contributed by atoms with Gasteiger partial charge in [-0.15, -0.1) is 0 Å². The van der Waals surface area contributed by atoms with Gasteiger partial charge >= 0.3 is 0 Å². The molecule has 9 nitrogen and oxygen atoms in total. The lowest BCUT2D eigenvalue weighted by Crippen LogP contribution is -2.24. The zero-order chi connectivity index (χ0) is 26.5. The third kappa shape index (κ3) is 5.40. The number of para-hydroxylation sites is 1. The van der Waals surface area contributed by atoms with Gasteiger partial charge in [-0.2, -0.15) is 15.3 Å². The van der Waals surface area contributed by atoms with Gasteiger partial charge in [-0.3, -0.25) is 14.6 Å². The quantitative estimate of drug-likeness (QED) is 0.317. The van der Waals surface area contributed by atoms with Crippen LogP contribution in [-0.2, 0) is 6.54 Å². The number of amides is 2. The van der Waals surface area contributed by atoms with Gasteiger partial charge in [0, 0.05) is 24.0 Å². The van der Waals surface area contributed by atoms with Gasteiger partial charge in [-0.1, -0.05) is 35.9 Å². The minimum Gasteiger partial charge on any atom is -0.345 e. The van der Waals surface area contributed by atoms with E-state index >= 15 is 0 Å². The minimum atomic E-state index is -0.572. The minimum absolute atomic E-state index is 0.0726. The van der Waals surface area contributed by atoms with Gasteiger partial charge in [0.2, 0.25) is 0 Å². The molecule has 0 saturated heterocycles. The Hall–Kier alpha value is -4.96. The molecule has 0 radical (unpaired) electrons. The molecule has 0 aliphatic heterocycles. The number of halogens is 2. The predicted octanol–water partition coefficient (Wildman–Crippen LogP) is 4.70. The maximum Gasteiger partial charge on any atom is 0.272 e. The summed E-state index contributed by atoms with van der Waals surface area (Å²) in [6.07, 6.45) is 3.00. The largest absolute Gasteiger partial charge is 0.345 e. The first kappa shape index (κ1) is 24.7. The summed E-state index contributed by atoms with van der Waals surface area (Å²) in [5.41, 5.74) is 1.85. The van der Waals surface area contributed by atoms with Crippen molar-refractivity contribution in [1.29, 1.82) is 0 Å². The zero-order valence-corrected chi connectivity index (χ0v) is 20.4. The molecule has 0 spiro atoms. The van der Waals surface area contributed by atoms with Crippen molar-refractivity contribution in [2.75, 3.05) is 5.32 Å². The van der Waals surface area contributed by atoms with Gasteiger partial charge in [0.25, 0.3) is 11.8 Å². The number of pyridine rings is 1. The molecule has 2 aromatic carbocycles. The number of carbonyl (C=O) groups excluding carboxylic acids is 2. The van der Waals surface area contributed by atoms with Gasteiger partial charge < -0.3 is 10.6 Å². The van der Waals surface area contributed by atoms with E-state index in [1.54, 1.807) is 42.5 Å². The number of anilines is 1. The van der Waals surface area contributed by atoms with Crippen molar-refractivity contribution in [3.63, 3.8) is 0 Å². The maximum atomic E-state index is 14.3. The lowest BCUT2D eigenvalue weighted by Gasteiger charge is -2.11. The SMILES string of the molecule is O=C(NCc1cccnn1)c1cc(NC(=O)c2cc(-c3ncccc3F)ccc2Cl)n(-c2ccccc2)n1. The molecule has 0 aliphatic carbocycles. The molecule has 0 fully saturated rings. The van der Waals surface area contributed by atoms with Gasteiger partial charge in [0.1, 0.15) is 17.3 Å². The molecule has 0 bridgehead atoms. The summed E-state index contributed by atoms with van der Waals surface area (Å²) in [5.74, 6) is -1.33. The maximum absolute atomic E-state index is 14.3. The van der Waals surface area contributed by atoms with Crippen LogP contribution in [0.1, 0.15) is 26.5 Å². The van der Waals surface area contributed by atoms with Crippen molar-refractivity contribution in [3.05, 3.63) is 119 Å². The molecule has 0 aliphatic rings. The van der Waals surface area contributed by atoms with E-state index in [-0.39, 0.29) is 34.3 Å². The van der Waals surface area contributed by atoms with Crippen molar-refractivity contribution >= 4 is 29.2 Å². The summed E-state index contributed by atoms with van der Waals surface area (Å²) in [5, 5.41) is 17.8. The van der Waals surface area contributed by atoms with Crippen molar-refractivity contribution in [2.24, 2.45) is 0 Å². The van der Waals surface area contributed by atoms with Crippen LogP contribution in [0.2, 0.25) is 5.02 Å². The second kappa shape index (κ2) is 11.0. The average Bonchev–Trinajstić information content (AvgIpc) is 3.37. The van der Waals surface area contributed by atoms with E-state index in [4.69, 9.17) is 11.6 Å². The van der Waals surface area contributed by atoms with Crippen LogP contribution in [0.4, 0.5) is 10.2 Å². The number of rotatable bonds is 7. The zero-order valence-electron chi connectivity index (χ0n) is 19.7. The van der Waals surface area contributed by atoms with Crippen LogP contribution in [0.15, 0.2) is 91.3 Å². The number of benzene rings is 2. The Morgan fingerprint density at radius 2 is 1.74 bits per heavy atom. The molecule has 3 aromatic heterocycles. The molecule has 5 aromatic rings. The van der Waals surface area contributed by atoms with Crippen LogP contribution in [0, 0.1) is 5.82 Å². The summed E-state index contributed by atoms with van der Waals surface area (Å²) in [7, 11) is 0. The van der Waals surface area contributed by atoms with Crippen LogP contribution < -0.4 is 10.6 Å². The van der Waals surface area contributed by atoms with Gasteiger partial charge in [0.05, 0.1) is 28.5 Å². The number of nitrogens with zero attached hydrogens (tertiary/aromatic N) is 5. The highest BCUT2D eigenvalue weighted by Gasteiger charge is 2.20. The molecule has 0 atom stereocenters. The summed E-state index contributed by atoms with van der Waals surface area (Å²) in [6, 6.07) is 21.2. The van der Waals surface area contributed by atoms with E-state index in [1.165, 1.54) is 47.4 Å². The lowest BCUT2D eigenvalue weighted by atomic mass is 10.1.